The van der Waals surface area contributed by atoms with Gasteiger partial charge in [0.25, 0.3) is 0 Å². The highest BCUT2D eigenvalue weighted by Crippen LogP contribution is 0.666. The molecule has 0 fully saturated rings. The molecule has 4 heavy (non-hydrogen) atoms. The zero-order valence-electron chi connectivity index (χ0n) is 1.95. The van der Waals surface area contributed by atoms with Crippen molar-refractivity contribution < 1.29 is 10.3 Å². The number of hydrogen-bond donors (Lipinski definition) is 1. The molecule has 0 aliphatic carbocycles. The first-order valence-electron chi connectivity index (χ1n) is 0.447. The average molecular weight is 96.1 g/mol. The van der Waals surface area contributed by atoms with Crippen LogP contribution in [0.15, 0.2) is 0 Å². The molecule has 0 radical (unpaired) electrons. The molecule has 0 spiro atoms. The van der Waals surface area contributed by atoms with Gasteiger partial charge in [0.1, 0.15) is 10.5 Å². The third-order valence-corrected chi connectivity index (χ3v) is 0. The molecule has 0 aromatic rings. The number of hydrogen-bond acceptors (Lipinski definition) is 1. The van der Waals surface area contributed by atoms with Crippen LogP contribution in [0.3, 0.4) is 0 Å². The molecule has 0 rings (SSSR count). The van der Waals surface area contributed by atoms with Crippen molar-refractivity contribution in [2.45, 2.75) is 0 Å². The first-order chi connectivity index (χ1) is 1.00. The Morgan fingerprint density at radius 2 is 1.25 bits per heavy atom. The maximum absolute atomic E-state index is 7.14. The van der Waals surface area contributed by atoms with Gasteiger partial charge in [0, 0.05) is 0 Å². The quantitative estimate of drug-likeness (QED) is 0.309. The Hall–Kier alpha value is 0.669. The molecule has 28 valence electrons. The Bertz CT molecular complexity index is 6.00. The van der Waals surface area contributed by atoms with Crippen molar-refractivity contribution in [2.24, 2.45) is 0 Å². The summed E-state index contributed by atoms with van der Waals surface area (Å²) in [7, 11) is 0.306. The Kier molecular flexibility index (Phi) is 329. The van der Waals surface area contributed by atoms with Crippen LogP contribution in [0.2, 0.25) is 0 Å². The zero-order valence-corrected chi connectivity index (χ0v) is 3.95. The van der Waals surface area contributed by atoms with Crippen LogP contribution in [0.1, 0.15) is 0 Å². The lowest BCUT2D eigenvalue weighted by atomic mass is 15.9. The van der Waals surface area contributed by atoms with Crippen molar-refractivity contribution in [3.8, 4) is 0 Å². The summed E-state index contributed by atoms with van der Waals surface area (Å²) in [5, 5.41) is 0. The highest BCUT2D eigenvalue weighted by Gasteiger charge is 0.891. The minimum atomic E-state index is 0. The predicted molar refractivity (Wildman–Crippen MR) is 25.7 cm³/mol. The molecule has 0 aliphatic heterocycles. The van der Waals surface area contributed by atoms with Gasteiger partial charge >= 0.3 is 0 Å². The standard InChI is InChI=1S/Al.H4OSi.H2O.3H/c;1-2;;;;/h;1H,2H3;1H2;;;. The fourth-order valence-corrected chi connectivity index (χ4v) is 0. The van der Waals surface area contributed by atoms with Crippen molar-refractivity contribution in [3.05, 3.63) is 0 Å². The van der Waals surface area contributed by atoms with Crippen LogP contribution in [-0.4, -0.2) is 38.1 Å². The summed E-state index contributed by atoms with van der Waals surface area (Å²) in [6.07, 6.45) is 0. The third kappa shape index (κ3) is 16.6. The van der Waals surface area contributed by atoms with Crippen molar-refractivity contribution in [3.63, 3.8) is 0 Å². The van der Waals surface area contributed by atoms with Gasteiger partial charge in [-0.15, -0.1) is 0 Å². The lowest BCUT2D eigenvalue weighted by molar-refractivity contribution is 0.629. The highest BCUT2D eigenvalue weighted by molar-refractivity contribution is 5.95. The smallest absolute Gasteiger partial charge is 0.187 e. The summed E-state index contributed by atoms with van der Waals surface area (Å²) in [6.45, 7) is 0. The van der Waals surface area contributed by atoms with Gasteiger partial charge in [-0.05, 0) is 0 Å². The van der Waals surface area contributed by atoms with Gasteiger partial charge in [-0.3, -0.25) is 0 Å². The Labute approximate surface area is 38.8 Å². The van der Waals surface area contributed by atoms with E-state index in [1.54, 1.807) is 0 Å². The van der Waals surface area contributed by atoms with E-state index < -0.39 is 0 Å². The maximum Gasteiger partial charge on any atom is 0.187 e. The fraction of sp³-hybridized carbons (Fsp3) is 0. The lowest BCUT2D eigenvalue weighted by Crippen LogP contribution is -1.34. The SMILES string of the molecule is O.O[SiH3].[AlH3]. The first kappa shape index (κ1) is 22.6. The molecule has 0 atom stereocenters. The monoisotopic (exact) mass is 96.0 g/mol. The molecule has 0 aromatic heterocycles. The highest BCUT2D eigenvalue weighted by atomic mass is 28.2. The second-order valence-corrected chi connectivity index (χ2v) is 0. The van der Waals surface area contributed by atoms with Crippen LogP contribution in [0.4, 0.5) is 0 Å². The summed E-state index contributed by atoms with van der Waals surface area (Å²) in [5.74, 6) is 0. The normalized spacial score (nSPS) is 2.25. The van der Waals surface area contributed by atoms with Gasteiger partial charge in [0.15, 0.2) is 17.4 Å². The molecule has 0 heterocycles. The van der Waals surface area contributed by atoms with Gasteiger partial charge in [-0.1, -0.05) is 0 Å². The van der Waals surface area contributed by atoms with E-state index in [4.69, 9.17) is 4.80 Å². The molecule has 0 saturated heterocycles. The van der Waals surface area contributed by atoms with Crippen LogP contribution in [-0.2, 0) is 0 Å². The van der Waals surface area contributed by atoms with Crippen LogP contribution < -0.4 is 0 Å². The molecule has 0 saturated carbocycles. The lowest BCUT2D eigenvalue weighted by Gasteiger charge is -1.19. The summed E-state index contributed by atoms with van der Waals surface area (Å²) >= 11 is 0. The molecular weight excluding hydrogens is 87.1 g/mol. The van der Waals surface area contributed by atoms with Crippen LogP contribution in [0.25, 0.3) is 0 Å². The summed E-state index contributed by atoms with van der Waals surface area (Å²) in [6, 6.07) is 0. The molecule has 2 nitrogen and oxygen atoms in total. The second kappa shape index (κ2) is 58.4. The van der Waals surface area contributed by atoms with E-state index in [0.29, 0.717) is 10.5 Å². The first-order valence-corrected chi connectivity index (χ1v) is 1.34. The van der Waals surface area contributed by atoms with E-state index in [1.807, 2.05) is 0 Å². The van der Waals surface area contributed by atoms with Crippen LogP contribution in [0.5, 0.6) is 0 Å². The van der Waals surface area contributed by atoms with Crippen molar-refractivity contribution in [2.75, 3.05) is 0 Å². The topological polar surface area (TPSA) is 51.7 Å². The molecule has 0 bridgehead atoms. The van der Waals surface area contributed by atoms with Gasteiger partial charge in [0.05, 0.1) is 0 Å². The van der Waals surface area contributed by atoms with Gasteiger partial charge in [-0.2, -0.15) is 0 Å². The summed E-state index contributed by atoms with van der Waals surface area (Å²) < 4.78 is 0. The molecule has 4 heteroatoms. The van der Waals surface area contributed by atoms with Crippen molar-refractivity contribution in [1.82, 2.24) is 0 Å². The van der Waals surface area contributed by atoms with Gasteiger partial charge in [-0.25, -0.2) is 0 Å². The van der Waals surface area contributed by atoms with E-state index in [0.717, 1.165) is 0 Å². The minimum Gasteiger partial charge on any atom is -0.442 e. The van der Waals surface area contributed by atoms with E-state index in [1.165, 1.54) is 0 Å². The molecule has 0 amide bonds. The Morgan fingerprint density at radius 3 is 1.25 bits per heavy atom. The molecule has 3 N–H and O–H groups in total. The van der Waals surface area contributed by atoms with Crippen LogP contribution >= 0.6 is 0 Å². The minimum absolute atomic E-state index is 0. The molecule has 0 aromatic carbocycles. The maximum atomic E-state index is 7.14. The zero-order chi connectivity index (χ0) is 2.00. The molecule has 0 unspecified atom stereocenters. The van der Waals surface area contributed by atoms with Crippen LogP contribution in [0, 0.1) is 0 Å². The third-order valence-electron chi connectivity index (χ3n) is 0. The molecule has 0 aliphatic rings. The van der Waals surface area contributed by atoms with Crippen molar-refractivity contribution >= 4 is 27.8 Å². The Balaban J connectivity index is -0.00000000500. The van der Waals surface area contributed by atoms with Crippen molar-refractivity contribution in [1.29, 1.82) is 0 Å². The van der Waals surface area contributed by atoms with Gasteiger partial charge < -0.3 is 10.3 Å². The van der Waals surface area contributed by atoms with Gasteiger partial charge in [0.2, 0.25) is 0 Å². The largest absolute Gasteiger partial charge is 0.442 e. The van der Waals surface area contributed by atoms with E-state index in [2.05, 4.69) is 0 Å². The number of rotatable bonds is 0. The van der Waals surface area contributed by atoms with E-state index in [9.17, 15) is 0 Å². The summed E-state index contributed by atoms with van der Waals surface area (Å²) in [4.78, 5) is 7.14. The van der Waals surface area contributed by atoms with E-state index >= 15 is 0 Å². The Morgan fingerprint density at radius 1 is 1.25 bits per heavy atom. The fourth-order valence-electron chi connectivity index (χ4n) is 0. The average Bonchev–Trinajstić information content (AvgIpc) is 1.00. The molecular formula is H9AlO2Si. The summed E-state index contributed by atoms with van der Waals surface area (Å²) in [5.41, 5.74) is 0. The predicted octanol–water partition coefficient (Wildman–Crippen LogP) is -3.75. The van der Waals surface area contributed by atoms with E-state index in [-0.39, 0.29) is 22.8 Å². The second-order valence-electron chi connectivity index (χ2n) is 0.